The first kappa shape index (κ1) is 16.9. The Kier molecular flexibility index (Phi) is 3.58. The van der Waals surface area contributed by atoms with E-state index in [1.807, 2.05) is 6.92 Å². The number of ketones is 1. The second kappa shape index (κ2) is 5.49. The van der Waals surface area contributed by atoms with Gasteiger partial charge < -0.3 is 5.11 Å². The number of carbonyl (C=O) groups excluding carboxylic acids is 1. The van der Waals surface area contributed by atoms with Gasteiger partial charge in [-0.05, 0) is 55.4 Å². The van der Waals surface area contributed by atoms with Gasteiger partial charge in [-0.25, -0.2) is 0 Å². The first-order chi connectivity index (χ1) is 12.3. The summed E-state index contributed by atoms with van der Waals surface area (Å²) in [5, 5.41) is 32.9. The van der Waals surface area contributed by atoms with Crippen LogP contribution in [0, 0.1) is 37.5 Å². The number of nitrogens with zero attached hydrogens (tertiary/aromatic N) is 2. The summed E-state index contributed by atoms with van der Waals surface area (Å²) in [6.07, 6.45) is 3.92. The number of hydrogen-bond acceptors (Lipinski definition) is 6. The van der Waals surface area contributed by atoms with Gasteiger partial charge in [0.25, 0.3) is 5.75 Å². The molecule has 0 aromatic heterocycles. The van der Waals surface area contributed by atoms with E-state index < -0.39 is 27.0 Å². The van der Waals surface area contributed by atoms with Crippen LogP contribution in [0.4, 0.5) is 11.4 Å². The Morgan fingerprint density at radius 1 is 1.15 bits per heavy atom. The van der Waals surface area contributed by atoms with Crippen molar-refractivity contribution in [3.63, 3.8) is 0 Å². The fourth-order valence-electron chi connectivity index (χ4n) is 5.79. The lowest BCUT2D eigenvalue weighted by atomic mass is 9.55. The van der Waals surface area contributed by atoms with Crippen LogP contribution in [0.1, 0.15) is 56.1 Å². The number of hydrogen-bond donors (Lipinski definition) is 1. The summed E-state index contributed by atoms with van der Waals surface area (Å²) in [5.41, 5.74) is -0.408. The normalized spacial score (nSPS) is 32.5. The van der Waals surface area contributed by atoms with Crippen LogP contribution in [0.15, 0.2) is 6.07 Å². The number of aromatic hydroxyl groups is 1. The van der Waals surface area contributed by atoms with E-state index >= 15 is 0 Å². The molecule has 138 valence electrons. The average molecular weight is 360 g/mol. The predicted molar refractivity (Wildman–Crippen MR) is 91.0 cm³/mol. The average Bonchev–Trinajstić information content (AvgIpc) is 2.88. The van der Waals surface area contributed by atoms with E-state index in [9.17, 15) is 30.1 Å². The Morgan fingerprint density at radius 2 is 1.88 bits per heavy atom. The third kappa shape index (κ3) is 2.10. The zero-order valence-corrected chi connectivity index (χ0v) is 14.4. The maximum absolute atomic E-state index is 12.4. The van der Waals surface area contributed by atoms with Gasteiger partial charge in [-0.15, -0.1) is 0 Å². The maximum atomic E-state index is 12.4. The second-order valence-electron chi connectivity index (χ2n) is 8.01. The highest BCUT2D eigenvalue weighted by molar-refractivity contribution is 5.87. The van der Waals surface area contributed by atoms with Gasteiger partial charge in [0.15, 0.2) is 0 Å². The molecule has 0 heterocycles. The summed E-state index contributed by atoms with van der Waals surface area (Å²) in [5.74, 6) is -0.144. The van der Waals surface area contributed by atoms with E-state index in [1.165, 1.54) is 6.07 Å². The van der Waals surface area contributed by atoms with E-state index in [0.717, 1.165) is 6.42 Å². The monoisotopic (exact) mass is 360 g/mol. The molecule has 0 unspecified atom stereocenters. The maximum Gasteiger partial charge on any atom is 0.321 e. The van der Waals surface area contributed by atoms with Gasteiger partial charge in [-0.3, -0.25) is 25.0 Å². The summed E-state index contributed by atoms with van der Waals surface area (Å²) < 4.78 is 0. The van der Waals surface area contributed by atoms with Crippen molar-refractivity contribution in [1.82, 2.24) is 0 Å². The molecule has 0 bridgehead atoms. The first-order valence-electron chi connectivity index (χ1n) is 8.96. The van der Waals surface area contributed by atoms with Crippen LogP contribution in [0.25, 0.3) is 0 Å². The van der Waals surface area contributed by atoms with Gasteiger partial charge in [0.2, 0.25) is 0 Å². The van der Waals surface area contributed by atoms with Gasteiger partial charge in [0, 0.05) is 23.5 Å². The van der Waals surface area contributed by atoms with E-state index in [2.05, 4.69) is 0 Å². The molecule has 0 aliphatic heterocycles. The highest BCUT2D eigenvalue weighted by Crippen LogP contribution is 2.61. The number of phenolic OH excluding ortho intramolecular Hbond substituents is 1. The van der Waals surface area contributed by atoms with Crippen LogP contribution < -0.4 is 0 Å². The van der Waals surface area contributed by atoms with E-state index in [4.69, 9.17) is 0 Å². The highest BCUT2D eigenvalue weighted by Gasteiger charge is 2.55. The quantitative estimate of drug-likeness (QED) is 0.634. The van der Waals surface area contributed by atoms with Crippen LogP contribution >= 0.6 is 0 Å². The Bertz CT molecular complexity index is 851. The van der Waals surface area contributed by atoms with Crippen molar-refractivity contribution in [1.29, 1.82) is 0 Å². The fraction of sp³-hybridized carbons (Fsp3) is 0.611. The number of rotatable bonds is 2. The fourth-order valence-corrected chi connectivity index (χ4v) is 5.79. The predicted octanol–water partition coefficient (Wildman–Crippen LogP) is 3.63. The molecule has 2 saturated carbocycles. The lowest BCUT2D eigenvalue weighted by Gasteiger charge is -2.48. The van der Waals surface area contributed by atoms with Crippen LogP contribution in [0.2, 0.25) is 0 Å². The van der Waals surface area contributed by atoms with Crippen LogP contribution in [0.3, 0.4) is 0 Å². The molecule has 1 N–H and O–H groups in total. The Balaban J connectivity index is 1.85. The zero-order valence-electron chi connectivity index (χ0n) is 14.4. The molecule has 0 amide bonds. The van der Waals surface area contributed by atoms with Gasteiger partial charge in [0.1, 0.15) is 5.78 Å². The summed E-state index contributed by atoms with van der Waals surface area (Å²) in [4.78, 5) is 33.7. The van der Waals surface area contributed by atoms with Crippen molar-refractivity contribution in [2.75, 3.05) is 0 Å². The minimum absolute atomic E-state index is 0.0271. The smallest absolute Gasteiger partial charge is 0.321 e. The lowest BCUT2D eigenvalue weighted by Crippen LogP contribution is -2.42. The van der Waals surface area contributed by atoms with Crippen molar-refractivity contribution in [3.8, 4) is 5.75 Å². The minimum Gasteiger partial charge on any atom is -0.497 e. The van der Waals surface area contributed by atoms with Crippen molar-refractivity contribution in [2.24, 2.45) is 17.3 Å². The van der Waals surface area contributed by atoms with Gasteiger partial charge >= 0.3 is 11.4 Å². The highest BCUT2D eigenvalue weighted by atomic mass is 16.6. The molecule has 8 nitrogen and oxygen atoms in total. The van der Waals surface area contributed by atoms with Crippen LogP contribution in [-0.2, 0) is 11.2 Å². The number of benzene rings is 1. The second-order valence-corrected chi connectivity index (χ2v) is 8.01. The molecule has 4 atom stereocenters. The molecule has 3 aliphatic rings. The first-order valence-corrected chi connectivity index (χ1v) is 8.96. The molecule has 3 aliphatic carbocycles. The number of Topliss-reactive ketones (excluding diaryl/α,β-unsaturated/α-hetero) is 1. The Hall–Kier alpha value is -2.51. The molecule has 8 heteroatoms. The summed E-state index contributed by atoms with van der Waals surface area (Å²) in [6.45, 7) is 2.03. The number of phenols is 1. The summed E-state index contributed by atoms with van der Waals surface area (Å²) in [6, 6.07) is 1.33. The van der Waals surface area contributed by atoms with E-state index in [0.29, 0.717) is 49.0 Å². The standard InChI is InChI=1S/C18H20N2O6/c1-18-7-6-9-10(13(18)4-5-15(18)21)2-3-11-12(9)8-14(19(23)24)17(22)16(11)20(25)26/h8-10,13,22H,2-7H2,1H3/t9-,10-,13+,18-/m0/s1. The van der Waals surface area contributed by atoms with Crippen molar-refractivity contribution in [2.45, 2.75) is 51.4 Å². The molecule has 4 rings (SSSR count). The number of nitro groups is 2. The third-order valence-corrected chi connectivity index (χ3v) is 7.05. The topological polar surface area (TPSA) is 124 Å². The van der Waals surface area contributed by atoms with Gasteiger partial charge in [-0.1, -0.05) is 6.92 Å². The largest absolute Gasteiger partial charge is 0.497 e. The van der Waals surface area contributed by atoms with E-state index in [1.54, 1.807) is 0 Å². The van der Waals surface area contributed by atoms with Crippen molar-refractivity contribution >= 4 is 17.2 Å². The Morgan fingerprint density at radius 3 is 2.54 bits per heavy atom. The molecular weight excluding hydrogens is 340 g/mol. The van der Waals surface area contributed by atoms with Crippen molar-refractivity contribution in [3.05, 3.63) is 37.4 Å². The van der Waals surface area contributed by atoms with E-state index in [-0.39, 0.29) is 23.2 Å². The molecule has 1 aromatic rings. The van der Waals surface area contributed by atoms with Crippen molar-refractivity contribution < 1.29 is 19.7 Å². The van der Waals surface area contributed by atoms with Crippen LogP contribution in [0.5, 0.6) is 5.75 Å². The molecule has 2 fully saturated rings. The van der Waals surface area contributed by atoms with Crippen LogP contribution in [-0.4, -0.2) is 20.7 Å². The number of fused-ring (bicyclic) bond motifs is 5. The minimum atomic E-state index is -0.853. The Labute approximate surface area is 149 Å². The number of nitro benzene ring substituents is 2. The lowest BCUT2D eigenvalue weighted by molar-refractivity contribution is -0.396. The number of carbonyl (C=O) groups is 1. The zero-order chi connectivity index (χ0) is 18.8. The molecule has 1 aromatic carbocycles. The summed E-state index contributed by atoms with van der Waals surface area (Å²) >= 11 is 0. The molecule has 0 saturated heterocycles. The SMILES string of the molecule is C[C@]12CC[C@@H]3c4cc([N+](=O)[O-])c(O)c([N+](=O)[O-])c4CC[C@@H]3[C@H]1CCC2=O. The van der Waals surface area contributed by atoms with Gasteiger partial charge in [-0.2, -0.15) is 0 Å². The van der Waals surface area contributed by atoms with Gasteiger partial charge in [0.05, 0.1) is 9.85 Å². The third-order valence-electron chi connectivity index (χ3n) is 7.05. The molecular formula is C18H20N2O6. The molecule has 0 radical (unpaired) electrons. The molecule has 0 spiro atoms. The molecule has 26 heavy (non-hydrogen) atoms. The summed E-state index contributed by atoms with van der Waals surface area (Å²) in [7, 11) is 0.